The molecule has 5 nitrogen and oxygen atoms in total. The molecule has 1 aliphatic heterocycles. The van der Waals surface area contributed by atoms with Gasteiger partial charge in [0.25, 0.3) is 0 Å². The molecule has 1 atom stereocenters. The van der Waals surface area contributed by atoms with E-state index in [4.69, 9.17) is 9.15 Å². The number of hydrogen-bond acceptors (Lipinski definition) is 5. The van der Waals surface area contributed by atoms with Gasteiger partial charge < -0.3 is 14.3 Å². The molecule has 2 aromatic carbocycles. The van der Waals surface area contributed by atoms with Crippen LogP contribution in [0.5, 0.6) is 5.75 Å². The summed E-state index contributed by atoms with van der Waals surface area (Å²) in [5, 5.41) is 10.8. The summed E-state index contributed by atoms with van der Waals surface area (Å²) in [6.07, 6.45) is 2.39. The van der Waals surface area contributed by atoms with Crippen LogP contribution >= 0.6 is 0 Å². The van der Waals surface area contributed by atoms with Crippen molar-refractivity contribution in [1.82, 2.24) is 4.90 Å². The maximum Gasteiger partial charge on any atom is 0.336 e. The molecule has 2 heterocycles. The minimum absolute atomic E-state index is 0.133. The molecule has 3 aromatic rings. The number of aromatic hydroxyl groups is 1. The van der Waals surface area contributed by atoms with Gasteiger partial charge in [-0.2, -0.15) is 0 Å². The first-order valence-corrected chi connectivity index (χ1v) is 9.73. The number of nitrogens with zero attached hydrogens (tertiary/aromatic N) is 1. The summed E-state index contributed by atoms with van der Waals surface area (Å²) in [5.41, 5.74) is 2.78. The van der Waals surface area contributed by atoms with E-state index in [1.54, 1.807) is 19.1 Å². The number of ether oxygens (including phenoxy) is 1. The van der Waals surface area contributed by atoms with Crippen molar-refractivity contribution in [2.24, 2.45) is 0 Å². The third kappa shape index (κ3) is 4.11. The van der Waals surface area contributed by atoms with Crippen molar-refractivity contribution >= 4 is 11.0 Å². The van der Waals surface area contributed by atoms with Crippen molar-refractivity contribution < 1.29 is 14.3 Å². The Morgan fingerprint density at radius 3 is 2.71 bits per heavy atom. The second-order valence-corrected chi connectivity index (χ2v) is 7.47. The summed E-state index contributed by atoms with van der Waals surface area (Å²) >= 11 is 0. The molecule has 5 heteroatoms. The van der Waals surface area contributed by atoms with Crippen molar-refractivity contribution in [3.8, 4) is 5.75 Å². The molecule has 1 fully saturated rings. The zero-order valence-electron chi connectivity index (χ0n) is 16.1. The molecule has 0 spiro atoms. The fraction of sp³-hybridized carbons (Fsp3) is 0.348. The van der Waals surface area contributed by atoms with E-state index in [1.807, 2.05) is 24.3 Å². The second-order valence-electron chi connectivity index (χ2n) is 7.47. The highest BCUT2D eigenvalue weighted by Gasteiger charge is 2.21. The van der Waals surface area contributed by atoms with Gasteiger partial charge in [0.05, 0.1) is 6.10 Å². The first kappa shape index (κ1) is 18.7. The van der Waals surface area contributed by atoms with Gasteiger partial charge in [-0.05, 0) is 43.0 Å². The third-order valence-corrected chi connectivity index (χ3v) is 5.35. The van der Waals surface area contributed by atoms with Gasteiger partial charge in [-0.1, -0.05) is 30.3 Å². The molecule has 0 bridgehead atoms. The van der Waals surface area contributed by atoms with Crippen LogP contribution in [-0.4, -0.2) is 29.3 Å². The zero-order valence-corrected chi connectivity index (χ0v) is 16.1. The van der Waals surface area contributed by atoms with E-state index in [0.29, 0.717) is 17.7 Å². The fourth-order valence-corrected chi connectivity index (χ4v) is 3.89. The molecule has 0 saturated carbocycles. The SMILES string of the molecule is Cc1c(O)ccc2c(CN(Cc3ccccc3)CC3CCCO3)cc(=O)oc12. The molecule has 1 aromatic heterocycles. The monoisotopic (exact) mass is 379 g/mol. The van der Waals surface area contributed by atoms with Crippen LogP contribution < -0.4 is 5.63 Å². The third-order valence-electron chi connectivity index (χ3n) is 5.35. The van der Waals surface area contributed by atoms with Crippen LogP contribution in [0.1, 0.15) is 29.5 Å². The molecule has 28 heavy (non-hydrogen) atoms. The number of rotatable bonds is 6. The van der Waals surface area contributed by atoms with Crippen molar-refractivity contribution in [1.29, 1.82) is 0 Å². The topological polar surface area (TPSA) is 62.9 Å². The predicted octanol–water partition coefficient (Wildman–Crippen LogP) is 3.99. The van der Waals surface area contributed by atoms with Crippen LogP contribution in [0.15, 0.2) is 57.7 Å². The maximum atomic E-state index is 12.2. The molecule has 4 rings (SSSR count). The lowest BCUT2D eigenvalue weighted by atomic mass is 10.0. The average molecular weight is 379 g/mol. The molecule has 0 aliphatic carbocycles. The molecule has 0 radical (unpaired) electrons. The quantitative estimate of drug-likeness (QED) is 0.656. The largest absolute Gasteiger partial charge is 0.508 e. The van der Waals surface area contributed by atoms with E-state index >= 15 is 0 Å². The smallest absolute Gasteiger partial charge is 0.336 e. The lowest BCUT2D eigenvalue weighted by Gasteiger charge is -2.26. The number of phenols is 1. The number of benzene rings is 2. The van der Waals surface area contributed by atoms with Crippen molar-refractivity contribution in [2.75, 3.05) is 13.2 Å². The van der Waals surface area contributed by atoms with Gasteiger partial charge in [-0.25, -0.2) is 4.79 Å². The Bertz CT molecular complexity index is 1010. The molecule has 1 saturated heterocycles. The van der Waals surface area contributed by atoms with Crippen LogP contribution in [0, 0.1) is 6.92 Å². The molecule has 1 aliphatic rings. The second kappa shape index (κ2) is 8.17. The van der Waals surface area contributed by atoms with Crippen LogP contribution in [0.25, 0.3) is 11.0 Å². The highest BCUT2D eigenvalue weighted by molar-refractivity contribution is 5.84. The van der Waals surface area contributed by atoms with Crippen LogP contribution in [0.2, 0.25) is 0 Å². The molecular weight excluding hydrogens is 354 g/mol. The van der Waals surface area contributed by atoms with Crippen molar-refractivity contribution in [2.45, 2.75) is 39.0 Å². The molecule has 1 N–H and O–H groups in total. The lowest BCUT2D eigenvalue weighted by molar-refractivity contribution is 0.0680. The van der Waals surface area contributed by atoms with E-state index < -0.39 is 5.63 Å². The van der Waals surface area contributed by atoms with Gasteiger partial charge in [-0.15, -0.1) is 0 Å². The van der Waals surface area contributed by atoms with E-state index in [1.165, 1.54) is 5.56 Å². The fourth-order valence-electron chi connectivity index (χ4n) is 3.89. The molecule has 146 valence electrons. The number of hydrogen-bond donors (Lipinski definition) is 1. The minimum Gasteiger partial charge on any atom is -0.508 e. The Hall–Kier alpha value is -2.63. The first-order chi connectivity index (χ1) is 13.6. The Morgan fingerprint density at radius 1 is 1.14 bits per heavy atom. The highest BCUT2D eigenvalue weighted by Crippen LogP contribution is 2.28. The van der Waals surface area contributed by atoms with Gasteiger partial charge >= 0.3 is 5.63 Å². The van der Waals surface area contributed by atoms with E-state index in [0.717, 1.165) is 43.5 Å². The van der Waals surface area contributed by atoms with Crippen molar-refractivity contribution in [3.63, 3.8) is 0 Å². The number of phenolic OH excluding ortho intramolecular Hbond substituents is 1. The normalized spacial score (nSPS) is 16.9. The standard InChI is InChI=1S/C23H25NO4/c1-16-21(25)10-9-20-18(12-22(26)28-23(16)20)14-24(15-19-8-5-11-27-19)13-17-6-3-2-4-7-17/h2-4,6-7,9-10,12,19,25H,5,8,11,13-15H2,1H3. The van der Waals surface area contributed by atoms with Gasteiger partial charge in [0.1, 0.15) is 11.3 Å². The van der Waals surface area contributed by atoms with Gasteiger partial charge in [0, 0.05) is 43.3 Å². The summed E-state index contributed by atoms with van der Waals surface area (Å²) in [6.45, 7) is 4.78. The number of aryl methyl sites for hydroxylation is 1. The summed E-state index contributed by atoms with van der Waals surface area (Å²) in [7, 11) is 0. The van der Waals surface area contributed by atoms with Crippen LogP contribution in [0.4, 0.5) is 0 Å². The molecular formula is C23H25NO4. The van der Waals surface area contributed by atoms with Crippen LogP contribution in [-0.2, 0) is 17.8 Å². The summed E-state index contributed by atoms with van der Waals surface area (Å²) in [6, 6.07) is 15.4. The number of fused-ring (bicyclic) bond motifs is 1. The Kier molecular flexibility index (Phi) is 5.46. The summed E-state index contributed by atoms with van der Waals surface area (Å²) in [5.74, 6) is 0.133. The molecule has 1 unspecified atom stereocenters. The van der Waals surface area contributed by atoms with E-state index in [2.05, 4.69) is 17.0 Å². The maximum absolute atomic E-state index is 12.2. The van der Waals surface area contributed by atoms with Gasteiger partial charge in [0.15, 0.2) is 0 Å². The molecule has 0 amide bonds. The van der Waals surface area contributed by atoms with Gasteiger partial charge in [0.2, 0.25) is 0 Å². The Labute approximate surface area is 164 Å². The Balaban J connectivity index is 1.67. The summed E-state index contributed by atoms with van der Waals surface area (Å²) < 4.78 is 11.2. The van der Waals surface area contributed by atoms with E-state index in [-0.39, 0.29) is 11.9 Å². The first-order valence-electron chi connectivity index (χ1n) is 9.73. The summed E-state index contributed by atoms with van der Waals surface area (Å²) in [4.78, 5) is 14.5. The predicted molar refractivity (Wildman–Crippen MR) is 108 cm³/mol. The average Bonchev–Trinajstić information content (AvgIpc) is 3.19. The van der Waals surface area contributed by atoms with Crippen molar-refractivity contribution in [3.05, 3.63) is 75.6 Å². The highest BCUT2D eigenvalue weighted by atomic mass is 16.5. The zero-order chi connectivity index (χ0) is 19.5. The van der Waals surface area contributed by atoms with Crippen LogP contribution in [0.3, 0.4) is 0 Å². The lowest BCUT2D eigenvalue weighted by Crippen LogP contribution is -2.31. The van der Waals surface area contributed by atoms with E-state index in [9.17, 15) is 9.90 Å². The Morgan fingerprint density at radius 2 is 1.96 bits per heavy atom. The minimum atomic E-state index is -0.395. The van der Waals surface area contributed by atoms with Gasteiger partial charge in [-0.3, -0.25) is 4.90 Å².